The van der Waals surface area contributed by atoms with Crippen LogP contribution in [0.3, 0.4) is 0 Å². The van der Waals surface area contributed by atoms with Gasteiger partial charge in [-0.2, -0.15) is 0 Å². The van der Waals surface area contributed by atoms with E-state index in [1.54, 1.807) is 24.3 Å². The normalized spacial score (nSPS) is 11.4. The fraction of sp³-hybridized carbons (Fsp3) is 0. The van der Waals surface area contributed by atoms with E-state index < -0.39 is 0 Å². The Morgan fingerprint density at radius 2 is 0.675 bits per heavy atom. The minimum absolute atomic E-state index is 0.525. The Bertz CT molecular complexity index is 1950. The zero-order valence-corrected chi connectivity index (χ0v) is 21.4. The molecule has 2 aliphatic heterocycles. The van der Waals surface area contributed by atoms with Crippen molar-refractivity contribution in [3.63, 3.8) is 0 Å². The van der Waals surface area contributed by atoms with Gasteiger partial charge in [-0.15, -0.1) is 0 Å². The first-order chi connectivity index (χ1) is 19.6. The summed E-state index contributed by atoms with van der Waals surface area (Å²) in [4.78, 5) is 36.1. The third-order valence-electron chi connectivity index (χ3n) is 7.00. The summed E-state index contributed by atoms with van der Waals surface area (Å²) in [6, 6.07) is 15.8. The third-order valence-corrected chi connectivity index (χ3v) is 7.00. The van der Waals surface area contributed by atoms with E-state index in [1.807, 2.05) is 48.5 Å². The fourth-order valence-corrected chi connectivity index (χ4v) is 5.14. The molecule has 8 bridgehead atoms. The molecule has 0 amide bonds. The van der Waals surface area contributed by atoms with Gasteiger partial charge in [0.15, 0.2) is 23.3 Å². The lowest BCUT2D eigenvalue weighted by Gasteiger charge is -1.98. The van der Waals surface area contributed by atoms with E-state index in [-0.39, 0.29) is 0 Å². The summed E-state index contributed by atoms with van der Waals surface area (Å²) in [6.07, 6.45) is 6.93. The highest BCUT2D eigenvalue weighted by atomic mass is 15.1. The minimum Gasteiger partial charge on any atom is -0.324 e. The molecule has 5 aromatic rings. The molecule has 0 atom stereocenters. The summed E-state index contributed by atoms with van der Waals surface area (Å²) in [5.74, 6) is 2.10. The first-order valence-corrected chi connectivity index (χ1v) is 12.6. The van der Waals surface area contributed by atoms with Gasteiger partial charge < -0.3 is 9.97 Å². The zero-order chi connectivity index (χ0) is 27.4. The van der Waals surface area contributed by atoms with Crippen LogP contribution >= 0.6 is 0 Å². The molecule has 7 rings (SSSR count). The van der Waals surface area contributed by atoms with Crippen molar-refractivity contribution in [2.75, 3.05) is 0 Å². The van der Waals surface area contributed by atoms with Crippen molar-refractivity contribution in [1.82, 2.24) is 39.9 Å². The lowest BCUT2D eigenvalue weighted by atomic mass is 10.1. The maximum Gasteiger partial charge on any atom is 0.164 e. The molecule has 0 aliphatic carbocycles. The number of fused-ring (bicyclic) bond motifs is 14. The van der Waals surface area contributed by atoms with E-state index in [0.717, 1.165) is 44.5 Å². The molecule has 2 N–H and O–H groups in total. The molecule has 3 aromatic heterocycles. The zero-order valence-electron chi connectivity index (χ0n) is 21.4. The molecule has 190 valence electrons. The van der Waals surface area contributed by atoms with E-state index >= 15 is 0 Å². The van der Waals surface area contributed by atoms with E-state index in [2.05, 4.69) is 36.3 Å². The number of nitrogens with one attached hydrogen (secondary N) is 2. The topological polar surface area (TPSA) is 109 Å². The van der Waals surface area contributed by atoms with Gasteiger partial charge in [0.1, 0.15) is 22.6 Å². The molecule has 0 saturated heterocycles. The van der Waals surface area contributed by atoms with Crippen molar-refractivity contribution in [3.8, 4) is 45.6 Å². The van der Waals surface area contributed by atoms with E-state index in [4.69, 9.17) is 29.9 Å². The summed E-state index contributed by atoms with van der Waals surface area (Å²) in [5.41, 5.74) is 8.75. The molecular weight excluding hydrogens is 496 g/mol. The molecule has 8 nitrogen and oxygen atoms in total. The molecule has 0 unspecified atom stereocenters. The van der Waals surface area contributed by atoms with Crippen molar-refractivity contribution < 1.29 is 0 Å². The number of aromatic amines is 2. The van der Waals surface area contributed by atoms with Crippen LogP contribution in [0.1, 0.15) is 22.3 Å². The maximum absolute atomic E-state index is 4.93. The summed E-state index contributed by atoms with van der Waals surface area (Å²) in [7, 11) is 0. The van der Waals surface area contributed by atoms with Crippen molar-refractivity contribution in [2.24, 2.45) is 0 Å². The van der Waals surface area contributed by atoms with Gasteiger partial charge in [-0.1, -0.05) is 99.2 Å². The van der Waals surface area contributed by atoms with Crippen LogP contribution in [0.5, 0.6) is 0 Å². The highest BCUT2D eigenvalue weighted by Crippen LogP contribution is 2.37. The predicted molar refractivity (Wildman–Crippen MR) is 161 cm³/mol. The summed E-state index contributed by atoms with van der Waals surface area (Å²) in [5, 5.41) is 0. The summed E-state index contributed by atoms with van der Waals surface area (Å²) in [6.45, 7) is 16.1. The molecule has 2 aromatic carbocycles. The molecule has 0 radical (unpaired) electrons. The lowest BCUT2D eigenvalue weighted by molar-refractivity contribution is 1.16. The number of nitrogens with zero attached hydrogens (tertiary/aromatic N) is 6. The molecular formula is C32H22N8. The van der Waals surface area contributed by atoms with E-state index in [0.29, 0.717) is 45.9 Å². The van der Waals surface area contributed by atoms with Crippen LogP contribution in [-0.4, -0.2) is 39.9 Å². The van der Waals surface area contributed by atoms with Crippen LogP contribution in [0.2, 0.25) is 0 Å². The van der Waals surface area contributed by atoms with Gasteiger partial charge in [0, 0.05) is 44.5 Å². The van der Waals surface area contributed by atoms with Crippen molar-refractivity contribution in [2.45, 2.75) is 0 Å². The second-order valence-corrected chi connectivity index (χ2v) is 9.17. The largest absolute Gasteiger partial charge is 0.324 e. The second kappa shape index (κ2) is 8.92. The minimum atomic E-state index is 0.525. The van der Waals surface area contributed by atoms with Gasteiger partial charge >= 0.3 is 0 Å². The molecule has 5 heterocycles. The first-order valence-electron chi connectivity index (χ1n) is 12.6. The number of rotatable bonds is 4. The number of hydrogen-bond acceptors (Lipinski definition) is 6. The van der Waals surface area contributed by atoms with Crippen molar-refractivity contribution in [1.29, 1.82) is 0 Å². The highest BCUT2D eigenvalue weighted by molar-refractivity contribution is 5.90. The summed E-state index contributed by atoms with van der Waals surface area (Å²) >= 11 is 0. The Morgan fingerprint density at radius 1 is 0.400 bits per heavy atom. The van der Waals surface area contributed by atoms with Gasteiger partial charge in [-0.05, 0) is 0 Å². The Labute approximate surface area is 229 Å². The average Bonchev–Trinajstić information content (AvgIpc) is 3.70. The summed E-state index contributed by atoms with van der Waals surface area (Å²) < 4.78 is 0. The van der Waals surface area contributed by atoms with Gasteiger partial charge in [-0.3, -0.25) is 0 Å². The van der Waals surface area contributed by atoms with Crippen LogP contribution in [0.15, 0.2) is 74.8 Å². The van der Waals surface area contributed by atoms with Gasteiger partial charge in [-0.25, -0.2) is 29.9 Å². The maximum atomic E-state index is 4.93. The van der Waals surface area contributed by atoms with Crippen LogP contribution in [-0.2, 0) is 0 Å². The Balaban J connectivity index is 1.72. The van der Waals surface area contributed by atoms with Crippen molar-refractivity contribution in [3.05, 3.63) is 97.1 Å². The van der Waals surface area contributed by atoms with Gasteiger partial charge in [0.05, 0.1) is 0 Å². The van der Waals surface area contributed by atoms with Gasteiger partial charge in [0.2, 0.25) is 0 Å². The van der Waals surface area contributed by atoms with Crippen molar-refractivity contribution >= 4 is 46.9 Å². The number of aromatic nitrogens is 8. The van der Waals surface area contributed by atoms with E-state index in [1.165, 1.54) is 0 Å². The molecule has 0 spiro atoms. The lowest BCUT2D eigenvalue weighted by Crippen LogP contribution is -1.84. The fourth-order valence-electron chi connectivity index (χ4n) is 5.14. The van der Waals surface area contributed by atoms with Crippen LogP contribution in [0, 0.1) is 0 Å². The van der Waals surface area contributed by atoms with E-state index in [9.17, 15) is 0 Å². The molecule has 40 heavy (non-hydrogen) atoms. The quantitative estimate of drug-likeness (QED) is 0.256. The van der Waals surface area contributed by atoms with Crippen LogP contribution in [0.25, 0.3) is 92.4 Å². The molecule has 0 fully saturated rings. The SMILES string of the molecule is C=Cc1c(C=C)c2nc3[nH]c(nc4nc(nc5nc(nc1[nH]2)-c1ccccc1-5)-c1ccccc1-4)c(C=C)c3C=C. The van der Waals surface area contributed by atoms with Crippen LogP contribution in [0.4, 0.5) is 0 Å². The third kappa shape index (κ3) is 3.40. The Hall–Kier alpha value is -5.76. The van der Waals surface area contributed by atoms with Crippen LogP contribution < -0.4 is 0 Å². The molecule has 2 aliphatic rings. The predicted octanol–water partition coefficient (Wildman–Crippen LogP) is 7.13. The monoisotopic (exact) mass is 518 g/mol. The number of H-pyrrole nitrogens is 2. The highest BCUT2D eigenvalue weighted by Gasteiger charge is 2.23. The standard InChI is InChI=1S/C32H22N8/c1-5-17-19(7-3)27-34-25(17)33-26-18(6-2)20(8-4)28(35-26)37-30-22-14-10-12-16-24(22)32(39-30)40-31-23-15-11-9-13-21(23)29(36-27)38-31/h5-16H,1-4H2,(H2,33,34,35,36,37,38,39,40). The number of benzene rings is 2. The average molecular weight is 519 g/mol. The second-order valence-electron chi connectivity index (χ2n) is 9.17. The molecule has 0 saturated carbocycles. The number of hydrogen-bond donors (Lipinski definition) is 2. The smallest absolute Gasteiger partial charge is 0.164 e. The Kier molecular flexibility index (Phi) is 5.21. The Morgan fingerprint density at radius 3 is 0.975 bits per heavy atom. The van der Waals surface area contributed by atoms with Gasteiger partial charge in [0.25, 0.3) is 0 Å². The first kappa shape index (κ1) is 23.4. The molecule has 8 heteroatoms.